The number of rotatable bonds is 9. The van der Waals surface area contributed by atoms with E-state index in [0.717, 1.165) is 17.0 Å². The molecule has 2 unspecified atom stereocenters. The van der Waals surface area contributed by atoms with Gasteiger partial charge in [-0.1, -0.05) is 0 Å². The van der Waals surface area contributed by atoms with Crippen molar-refractivity contribution in [1.29, 1.82) is 10.5 Å². The summed E-state index contributed by atoms with van der Waals surface area (Å²) in [7, 11) is -17.0. The molecule has 0 amide bonds. The summed E-state index contributed by atoms with van der Waals surface area (Å²) in [6.07, 6.45) is 0.758. The van der Waals surface area contributed by atoms with Gasteiger partial charge < -0.3 is 34.8 Å². The Morgan fingerprint density at radius 2 is 1.86 bits per heavy atom. The third kappa shape index (κ3) is 4.96. The molecular weight excluding hydrogens is 551 g/mol. The minimum absolute atomic E-state index is 0.00891. The average molecular weight is 567 g/mol. The van der Waals surface area contributed by atoms with Gasteiger partial charge in [0.05, 0.1) is 30.9 Å². The summed E-state index contributed by atoms with van der Waals surface area (Å²) in [5.74, 6) is -1.59. The minimum atomic E-state index is -5.81. The number of ether oxygens (including phenoxy) is 1. The van der Waals surface area contributed by atoms with Crippen molar-refractivity contribution in [2.45, 2.75) is 18.6 Å². The van der Waals surface area contributed by atoms with Gasteiger partial charge in [-0.3, -0.25) is 4.52 Å². The van der Waals surface area contributed by atoms with Crippen molar-refractivity contribution in [3.63, 3.8) is 0 Å². The molecule has 3 heterocycles. The van der Waals surface area contributed by atoms with Crippen molar-refractivity contribution in [1.82, 2.24) is 19.6 Å². The molecule has 0 radical (unpaired) electrons. The monoisotopic (exact) mass is 567 g/mol. The van der Waals surface area contributed by atoms with Crippen LogP contribution in [-0.4, -0.2) is 58.2 Å². The van der Waals surface area contributed by atoms with Crippen LogP contribution in [0.25, 0.3) is 5.65 Å². The Hall–Kier alpha value is -2.63. The largest absolute Gasteiger partial charge is 0.490 e. The molecule has 1 fully saturated rings. The van der Waals surface area contributed by atoms with Gasteiger partial charge in [0.2, 0.25) is 5.60 Å². The van der Waals surface area contributed by atoms with Crippen molar-refractivity contribution in [3.8, 4) is 12.1 Å². The standard InChI is InChI=1S/C14H16N7O12P3/c1-13(5-15)8(3-22)9(4-30-35(26,27)33-36(28,29)32-34(23,24)25)31-14(13,6-16)10-2-18-12-11(17)19-7-20-21(10)12/h2-3,7-9H,4H2,1H3,(H,26,27)(H,28,29)(H2,17,19,20)(H2,23,24,25)/t8-,9-,13-,14+/m1/s1. The van der Waals surface area contributed by atoms with Crippen molar-refractivity contribution < 1.29 is 55.9 Å². The van der Waals surface area contributed by atoms with Gasteiger partial charge >= 0.3 is 23.5 Å². The molecule has 1 saturated heterocycles. The number of anilines is 1. The van der Waals surface area contributed by atoms with Crippen LogP contribution >= 0.6 is 23.5 Å². The molecule has 0 aliphatic carbocycles. The zero-order valence-corrected chi connectivity index (χ0v) is 20.4. The molecule has 1 aliphatic rings. The highest BCUT2D eigenvalue weighted by atomic mass is 31.3. The van der Waals surface area contributed by atoms with Crippen molar-refractivity contribution >= 4 is 41.2 Å². The maximum Gasteiger partial charge on any atom is 0.490 e. The molecule has 1 aliphatic heterocycles. The highest BCUT2D eigenvalue weighted by molar-refractivity contribution is 7.66. The number of aldehydes is 1. The maximum atomic E-state index is 12.1. The van der Waals surface area contributed by atoms with Crippen LogP contribution in [0.3, 0.4) is 0 Å². The molecule has 22 heteroatoms. The molecule has 6 N–H and O–H groups in total. The number of hydrogen-bond acceptors (Lipinski definition) is 14. The van der Waals surface area contributed by atoms with Crippen LogP contribution in [0.15, 0.2) is 12.5 Å². The first-order valence-corrected chi connectivity index (χ1v) is 13.8. The van der Waals surface area contributed by atoms with E-state index in [2.05, 4.69) is 28.2 Å². The van der Waals surface area contributed by atoms with Crippen LogP contribution in [0.2, 0.25) is 0 Å². The van der Waals surface area contributed by atoms with E-state index in [4.69, 9.17) is 20.3 Å². The second-order valence-corrected chi connectivity index (χ2v) is 11.8. The fraction of sp³-hybridized carbons (Fsp3) is 0.429. The Morgan fingerprint density at radius 1 is 1.19 bits per heavy atom. The predicted molar refractivity (Wildman–Crippen MR) is 110 cm³/mol. The second-order valence-electron chi connectivity index (χ2n) is 7.34. The lowest BCUT2D eigenvalue weighted by Crippen LogP contribution is -2.43. The SMILES string of the molecule is C[C@@]1(C#N)[C@H](C=O)[C@@H](COP(=O)(O)OP(=O)(O)OP(=O)(O)O)O[C@@]1(C#N)c1cnc2c(N)ncnn12. The van der Waals surface area contributed by atoms with Gasteiger partial charge in [0.1, 0.15) is 29.8 Å². The van der Waals surface area contributed by atoms with E-state index >= 15 is 0 Å². The highest BCUT2D eigenvalue weighted by Crippen LogP contribution is 2.66. The number of nitrogens with two attached hydrogens (primary N) is 1. The zero-order chi connectivity index (χ0) is 27.2. The lowest BCUT2D eigenvalue weighted by atomic mass is 9.67. The molecule has 19 nitrogen and oxygen atoms in total. The second kappa shape index (κ2) is 9.35. The zero-order valence-electron chi connectivity index (χ0n) is 17.8. The molecule has 3 rings (SSSR count). The van der Waals surface area contributed by atoms with Gasteiger partial charge in [0, 0.05) is 0 Å². The van der Waals surface area contributed by atoms with E-state index in [0.29, 0.717) is 0 Å². The van der Waals surface area contributed by atoms with E-state index in [9.17, 15) is 38.8 Å². The molecule has 6 atom stereocenters. The Bertz CT molecular complexity index is 1430. The summed E-state index contributed by atoms with van der Waals surface area (Å²) in [6, 6.07) is 3.65. The first-order chi connectivity index (χ1) is 16.5. The summed E-state index contributed by atoms with van der Waals surface area (Å²) in [6.45, 7) is 0.117. The number of hydrogen-bond donors (Lipinski definition) is 5. The molecule has 194 valence electrons. The lowest BCUT2D eigenvalue weighted by molar-refractivity contribution is -0.114. The van der Waals surface area contributed by atoms with Crippen LogP contribution in [0.5, 0.6) is 0 Å². The normalized spacial score (nSPS) is 29.6. The highest BCUT2D eigenvalue weighted by Gasteiger charge is 2.67. The predicted octanol–water partition coefficient (Wildman–Crippen LogP) is -0.488. The maximum absolute atomic E-state index is 12.1. The van der Waals surface area contributed by atoms with Crippen molar-refractivity contribution in [2.75, 3.05) is 12.3 Å². The van der Waals surface area contributed by atoms with Gasteiger partial charge in [-0.2, -0.15) is 24.2 Å². The number of phosphoric ester groups is 1. The number of fused-ring (bicyclic) bond motifs is 1. The lowest BCUT2D eigenvalue weighted by Gasteiger charge is -2.31. The van der Waals surface area contributed by atoms with Crippen LogP contribution in [0.1, 0.15) is 12.6 Å². The van der Waals surface area contributed by atoms with E-state index in [1.54, 1.807) is 0 Å². The van der Waals surface area contributed by atoms with E-state index < -0.39 is 53.1 Å². The van der Waals surface area contributed by atoms with Crippen LogP contribution in [0.4, 0.5) is 5.82 Å². The molecule has 2 aromatic rings. The van der Waals surface area contributed by atoms with Crippen LogP contribution < -0.4 is 5.73 Å². The summed E-state index contributed by atoms with van der Waals surface area (Å²) in [4.78, 5) is 55.9. The molecular formula is C14H16N7O12P3. The Kier molecular flexibility index (Phi) is 7.26. The van der Waals surface area contributed by atoms with Crippen molar-refractivity contribution in [3.05, 3.63) is 18.2 Å². The molecule has 0 spiro atoms. The summed E-state index contributed by atoms with van der Waals surface area (Å²) < 4.78 is 52.9. The number of nitriles is 2. The minimum Gasteiger partial charge on any atom is -0.381 e. The third-order valence-electron chi connectivity index (χ3n) is 5.17. The van der Waals surface area contributed by atoms with E-state index in [-0.39, 0.29) is 23.4 Å². The first kappa shape index (κ1) is 27.9. The molecule has 2 aromatic heterocycles. The number of aromatic nitrogens is 4. The number of imidazole rings is 1. The fourth-order valence-corrected chi connectivity index (χ4v) is 6.65. The van der Waals surface area contributed by atoms with Gasteiger partial charge in [0.25, 0.3) is 0 Å². The topological polar surface area (TPSA) is 303 Å². The Morgan fingerprint density at radius 3 is 2.42 bits per heavy atom. The fourth-order valence-electron chi connectivity index (χ4n) is 3.62. The van der Waals surface area contributed by atoms with Gasteiger partial charge in [-0.05, 0) is 6.92 Å². The summed E-state index contributed by atoms with van der Waals surface area (Å²) >= 11 is 0. The summed E-state index contributed by atoms with van der Waals surface area (Å²) in [5, 5.41) is 24.0. The number of nitrogen functional groups attached to an aromatic ring is 1. The van der Waals surface area contributed by atoms with E-state index in [1.807, 2.05) is 12.1 Å². The van der Waals surface area contributed by atoms with Gasteiger partial charge in [-0.25, -0.2) is 28.2 Å². The number of carbonyl (C=O) groups is 1. The number of phosphoric acid groups is 3. The Labute approximate surface area is 200 Å². The van der Waals surface area contributed by atoms with Crippen LogP contribution in [-0.2, 0) is 42.0 Å². The first-order valence-electron chi connectivity index (χ1n) is 9.23. The average Bonchev–Trinajstić information content (AvgIpc) is 3.28. The molecule has 36 heavy (non-hydrogen) atoms. The third-order valence-corrected chi connectivity index (χ3v) is 8.98. The van der Waals surface area contributed by atoms with E-state index in [1.165, 1.54) is 6.92 Å². The van der Waals surface area contributed by atoms with Gasteiger partial charge in [0.15, 0.2) is 11.5 Å². The molecule has 0 aromatic carbocycles. The number of carbonyl (C=O) groups excluding carboxylic acids is 1. The molecule has 0 saturated carbocycles. The van der Waals surface area contributed by atoms with Gasteiger partial charge in [-0.15, -0.1) is 0 Å². The van der Waals surface area contributed by atoms with Crippen LogP contribution in [0, 0.1) is 34.0 Å². The van der Waals surface area contributed by atoms with Crippen molar-refractivity contribution in [2.24, 2.45) is 11.3 Å². The molecule has 0 bridgehead atoms. The summed E-state index contributed by atoms with van der Waals surface area (Å²) in [5.41, 5.74) is 1.32. The quantitative estimate of drug-likeness (QED) is 0.188. The number of nitrogens with zero attached hydrogens (tertiary/aromatic N) is 6. The Balaban J connectivity index is 1.96. The smallest absolute Gasteiger partial charge is 0.381 e.